The number of aliphatic hydroxyl groups is 5. The van der Waals surface area contributed by atoms with E-state index in [1.165, 1.54) is 25.0 Å². The number of phosphoric ester groups is 1. The van der Waals surface area contributed by atoms with Gasteiger partial charge in [0.1, 0.15) is 42.7 Å². The number of carboxylic acids is 1. The summed E-state index contributed by atoms with van der Waals surface area (Å²) in [4.78, 5) is 47.1. The van der Waals surface area contributed by atoms with Crippen LogP contribution in [0.25, 0.3) is 0 Å². The Morgan fingerprint density at radius 2 is 1.35 bits per heavy atom. The molecule has 0 saturated carbocycles. The lowest BCUT2D eigenvalue weighted by atomic mass is 9.90. The van der Waals surface area contributed by atoms with Crippen molar-refractivity contribution in [3.05, 3.63) is 34.9 Å². The van der Waals surface area contributed by atoms with Gasteiger partial charge in [-0.3, -0.25) is 13.8 Å². The summed E-state index contributed by atoms with van der Waals surface area (Å²) >= 11 is 0. The van der Waals surface area contributed by atoms with Gasteiger partial charge in [0, 0.05) is 18.3 Å². The highest BCUT2D eigenvalue weighted by Crippen LogP contribution is 2.48. The molecule has 3 rings (SSSR count). The maximum atomic E-state index is 13.3. The lowest BCUT2D eigenvalue weighted by Gasteiger charge is -2.48. The van der Waals surface area contributed by atoms with Crippen molar-refractivity contribution in [1.29, 1.82) is 0 Å². The van der Waals surface area contributed by atoms with E-state index >= 15 is 0 Å². The standard InChI is InChI=1S/C39H65N2O20P/c1-19(2)9-7-10-20(3)11-8-12-21(4)13-14-53-28(35(48)49)18-54-62(51,52)61-38-33(24(58-39(41)50)15-25(55-38)34(40)47)60-37-23(6)30(45)32(27(17-43)57-37)59-36-22(5)29(44)31(46)26(16-42)56-36/h9,11,13,22-33,36-38,42-46H,7-8,10,12,14-18H2,1-6H3,(H2,40,47)(H2,41,50)(H,48,49)(H,51,52)/b20-11+,21-13-/t22?,23?,24-,25?,26?,27?,28-,29+,30+,31+,32+,33?,36-,37-,38+/m0/s1. The predicted molar refractivity (Wildman–Crippen MR) is 214 cm³/mol. The number of carbonyl (C=O) groups excluding carboxylic acids is 2. The van der Waals surface area contributed by atoms with E-state index in [0.717, 1.165) is 24.8 Å². The molecule has 0 radical (unpaired) electrons. The maximum Gasteiger partial charge on any atom is 0.474 e. The molecule has 3 aliphatic rings. The first kappa shape index (κ1) is 53.4. The van der Waals surface area contributed by atoms with Crippen LogP contribution in [0, 0.1) is 11.8 Å². The van der Waals surface area contributed by atoms with Crippen molar-refractivity contribution in [2.75, 3.05) is 26.4 Å². The normalized spacial score (nSPS) is 34.8. The lowest BCUT2D eigenvalue weighted by molar-refractivity contribution is -0.362. The first-order chi connectivity index (χ1) is 29.1. The number of carbonyl (C=O) groups is 3. The zero-order valence-corrected chi connectivity index (χ0v) is 36.7. The van der Waals surface area contributed by atoms with Gasteiger partial charge >= 0.3 is 19.9 Å². The summed E-state index contributed by atoms with van der Waals surface area (Å²) in [5.41, 5.74) is 14.2. The van der Waals surface area contributed by atoms with Crippen molar-refractivity contribution in [1.82, 2.24) is 0 Å². The van der Waals surface area contributed by atoms with Gasteiger partial charge in [0.25, 0.3) is 0 Å². The molecular formula is C39H65N2O20P. The third-order valence-electron chi connectivity index (χ3n) is 10.6. The Morgan fingerprint density at radius 1 is 0.790 bits per heavy atom. The van der Waals surface area contributed by atoms with Crippen molar-refractivity contribution in [2.45, 2.75) is 154 Å². The molecule has 11 N–H and O–H groups in total. The SMILES string of the molecule is CC(C)=CCC/C(C)=C/CC/C(C)=C\CO[C@@H](COP(=O)(O)O[C@H]1OC(C(N)=O)C[C@H](OC(N)=O)C1O[C@@H]1OC(CO)[C@@H](O[C@@H]2OC(CO)[C@@H](O)[C@H](O)C2C)[C@H](O)C1C)C(=O)O. The number of hydrogen-bond acceptors (Lipinski definition) is 18. The third-order valence-corrected chi connectivity index (χ3v) is 11.6. The highest BCUT2D eigenvalue weighted by Gasteiger charge is 2.53. The van der Waals surface area contributed by atoms with Crippen LogP contribution in [-0.2, 0) is 56.4 Å². The van der Waals surface area contributed by atoms with Gasteiger partial charge in [-0.25, -0.2) is 14.2 Å². The molecule has 356 valence electrons. The average Bonchev–Trinajstić information content (AvgIpc) is 3.19. The molecule has 3 saturated heterocycles. The number of primary amides is 2. The second-order valence-corrected chi connectivity index (χ2v) is 17.3. The van der Waals surface area contributed by atoms with Crippen LogP contribution in [0.2, 0.25) is 0 Å². The molecule has 0 aromatic rings. The van der Waals surface area contributed by atoms with Crippen molar-refractivity contribution < 1.29 is 96.7 Å². The zero-order valence-electron chi connectivity index (χ0n) is 35.8. The second-order valence-electron chi connectivity index (χ2n) is 15.9. The van der Waals surface area contributed by atoms with Crippen molar-refractivity contribution in [2.24, 2.45) is 23.3 Å². The van der Waals surface area contributed by atoms with Gasteiger partial charge in [-0.05, 0) is 53.4 Å². The molecule has 2 amide bonds. The van der Waals surface area contributed by atoms with Crippen LogP contribution in [-0.4, -0.2) is 160 Å². The Labute approximate surface area is 360 Å². The van der Waals surface area contributed by atoms with Crippen molar-refractivity contribution in [3.63, 3.8) is 0 Å². The topological polar surface area (TPSA) is 345 Å². The molecule has 16 atom stereocenters. The summed E-state index contributed by atoms with van der Waals surface area (Å²) in [6.07, 6.45) is -12.7. The van der Waals surface area contributed by atoms with Crippen LogP contribution in [0.5, 0.6) is 0 Å². The molecule has 23 heteroatoms. The number of aliphatic carboxylic acids is 1. The fourth-order valence-corrected chi connectivity index (χ4v) is 7.69. The Bertz CT molecular complexity index is 1610. The summed E-state index contributed by atoms with van der Waals surface area (Å²) in [6, 6.07) is 0. The quantitative estimate of drug-likeness (QED) is 0.0501. The minimum absolute atomic E-state index is 0.173. The number of allylic oxidation sites excluding steroid dienone is 5. The third kappa shape index (κ3) is 16.0. The number of rotatable bonds is 23. The number of phosphoric acid groups is 1. The highest BCUT2D eigenvalue weighted by atomic mass is 31.2. The molecular weight excluding hydrogens is 847 g/mol. The largest absolute Gasteiger partial charge is 0.479 e. The van der Waals surface area contributed by atoms with E-state index in [0.29, 0.717) is 6.42 Å². The van der Waals surface area contributed by atoms with Gasteiger partial charge in [-0.2, -0.15) is 0 Å². The fraction of sp³-hybridized carbons (Fsp3) is 0.769. The number of carboxylic acid groups (broad SMARTS) is 1. The monoisotopic (exact) mass is 912 g/mol. The van der Waals surface area contributed by atoms with Crippen LogP contribution < -0.4 is 11.5 Å². The number of nitrogens with two attached hydrogens (primary N) is 2. The summed E-state index contributed by atoms with van der Waals surface area (Å²) < 4.78 is 63.2. The number of amides is 2. The predicted octanol–water partition coefficient (Wildman–Crippen LogP) is 0.633. The van der Waals surface area contributed by atoms with Crippen molar-refractivity contribution in [3.8, 4) is 0 Å². The average molecular weight is 913 g/mol. The molecule has 0 aromatic carbocycles. The molecule has 3 fully saturated rings. The van der Waals surface area contributed by atoms with E-state index in [4.69, 9.17) is 53.7 Å². The van der Waals surface area contributed by atoms with Crippen LogP contribution in [0.1, 0.15) is 73.6 Å². The Hall–Kier alpha value is -2.90. The lowest BCUT2D eigenvalue weighted by Crippen LogP contribution is -2.63. The van der Waals surface area contributed by atoms with Gasteiger partial charge in [0.2, 0.25) is 5.91 Å². The van der Waals surface area contributed by atoms with Gasteiger partial charge in [-0.1, -0.05) is 48.8 Å². The van der Waals surface area contributed by atoms with Gasteiger partial charge in [0.05, 0.1) is 38.6 Å². The number of hydrogen-bond donors (Lipinski definition) is 9. The Balaban J connectivity index is 1.73. The van der Waals surface area contributed by atoms with E-state index in [1.807, 2.05) is 20.8 Å². The van der Waals surface area contributed by atoms with Crippen LogP contribution in [0.15, 0.2) is 34.9 Å². The van der Waals surface area contributed by atoms with E-state index < -0.39 is 144 Å². The molecule has 3 heterocycles. The zero-order chi connectivity index (χ0) is 46.5. The van der Waals surface area contributed by atoms with Crippen molar-refractivity contribution >= 4 is 25.8 Å². The smallest absolute Gasteiger partial charge is 0.474 e. The maximum absolute atomic E-state index is 13.3. The molecule has 0 aliphatic carbocycles. The summed E-state index contributed by atoms with van der Waals surface area (Å²) in [6.45, 7) is 8.26. The second kappa shape index (κ2) is 25.0. The van der Waals surface area contributed by atoms with E-state index in [1.54, 1.807) is 6.08 Å². The number of ether oxygens (including phenoxy) is 7. The Kier molecular flexibility index (Phi) is 21.5. The molecule has 0 spiro atoms. The molecule has 7 unspecified atom stereocenters. The minimum atomic E-state index is -5.37. The Morgan fingerprint density at radius 3 is 1.92 bits per heavy atom. The summed E-state index contributed by atoms with van der Waals surface area (Å²) in [7, 11) is -5.37. The van der Waals surface area contributed by atoms with Gasteiger partial charge in [-0.15, -0.1) is 0 Å². The van der Waals surface area contributed by atoms with Crippen LogP contribution in [0.4, 0.5) is 4.79 Å². The molecule has 22 nitrogen and oxygen atoms in total. The summed E-state index contributed by atoms with van der Waals surface area (Å²) in [5, 5.41) is 61.8. The fourth-order valence-electron chi connectivity index (χ4n) is 6.87. The van der Waals surface area contributed by atoms with E-state index in [-0.39, 0.29) is 6.61 Å². The molecule has 3 aliphatic heterocycles. The van der Waals surface area contributed by atoms with Gasteiger partial charge in [0.15, 0.2) is 25.0 Å². The summed E-state index contributed by atoms with van der Waals surface area (Å²) in [5.74, 6) is -4.62. The first-order valence-electron chi connectivity index (χ1n) is 20.3. The molecule has 0 bridgehead atoms. The van der Waals surface area contributed by atoms with E-state index in [9.17, 15) is 54.5 Å². The molecule has 62 heavy (non-hydrogen) atoms. The highest BCUT2D eigenvalue weighted by molar-refractivity contribution is 7.47. The first-order valence-corrected chi connectivity index (χ1v) is 21.8. The number of aliphatic hydroxyl groups excluding tert-OH is 5. The van der Waals surface area contributed by atoms with Crippen LogP contribution >= 0.6 is 7.82 Å². The molecule has 0 aromatic heterocycles. The van der Waals surface area contributed by atoms with Crippen LogP contribution in [0.3, 0.4) is 0 Å². The minimum Gasteiger partial charge on any atom is -0.479 e. The van der Waals surface area contributed by atoms with Gasteiger partial charge < -0.3 is 80.2 Å². The van der Waals surface area contributed by atoms with E-state index in [2.05, 4.69) is 19.1 Å².